The molecule has 1 aliphatic rings. The van der Waals surface area contributed by atoms with Crippen LogP contribution >= 0.6 is 0 Å². The molecule has 0 spiro atoms. The molecule has 0 bridgehead atoms. The summed E-state index contributed by atoms with van der Waals surface area (Å²) in [5, 5.41) is 5.34. The van der Waals surface area contributed by atoms with Crippen molar-refractivity contribution in [3.05, 3.63) is 24.3 Å². The Bertz CT molecular complexity index is 635. The standard InChI is InChI=1S/C14H21N3O5S/c1-23(19,20)17-8-4-7-15-14(18)16-9-11-10-21-12-5-2-3-6-13(12)22-11/h2-3,5-6,11,17H,4,7-10H2,1H3,(H2,15,16,18)/t11-/m1/s1. The Kier molecular flexibility index (Phi) is 6.05. The van der Waals surface area contributed by atoms with Crippen LogP contribution in [0.5, 0.6) is 11.5 Å². The number of amides is 2. The topological polar surface area (TPSA) is 106 Å². The van der Waals surface area contributed by atoms with E-state index >= 15 is 0 Å². The summed E-state index contributed by atoms with van der Waals surface area (Å²) in [6.45, 7) is 1.35. The molecule has 0 fully saturated rings. The Morgan fingerprint density at radius 3 is 2.70 bits per heavy atom. The average molecular weight is 343 g/mol. The van der Waals surface area contributed by atoms with Crippen LogP contribution < -0.4 is 24.8 Å². The molecule has 0 radical (unpaired) electrons. The molecule has 0 unspecified atom stereocenters. The summed E-state index contributed by atoms with van der Waals surface area (Å²) in [7, 11) is -3.18. The molecule has 1 atom stereocenters. The minimum Gasteiger partial charge on any atom is -0.486 e. The van der Waals surface area contributed by atoms with Crippen molar-refractivity contribution >= 4 is 16.1 Å². The molecule has 0 saturated heterocycles. The first kappa shape index (κ1) is 17.4. The van der Waals surface area contributed by atoms with Gasteiger partial charge in [0.05, 0.1) is 12.8 Å². The maximum Gasteiger partial charge on any atom is 0.314 e. The number of hydrogen-bond donors (Lipinski definition) is 3. The van der Waals surface area contributed by atoms with E-state index in [-0.39, 0.29) is 18.7 Å². The number of sulfonamides is 1. The molecule has 3 N–H and O–H groups in total. The number of carbonyl (C=O) groups excluding carboxylic acids is 1. The highest BCUT2D eigenvalue weighted by atomic mass is 32.2. The summed E-state index contributed by atoms with van der Waals surface area (Å²) < 4.78 is 35.3. The number of fused-ring (bicyclic) bond motifs is 1. The van der Waals surface area contributed by atoms with Gasteiger partial charge in [0, 0.05) is 13.1 Å². The summed E-state index contributed by atoms with van der Waals surface area (Å²) >= 11 is 0. The fourth-order valence-corrected chi connectivity index (χ4v) is 2.50. The van der Waals surface area contributed by atoms with E-state index in [9.17, 15) is 13.2 Å². The van der Waals surface area contributed by atoms with Crippen LogP contribution in [-0.4, -0.2) is 53.0 Å². The molecule has 2 amide bonds. The van der Waals surface area contributed by atoms with Crippen LogP contribution in [0.2, 0.25) is 0 Å². The lowest BCUT2D eigenvalue weighted by atomic mass is 10.2. The number of hydrogen-bond acceptors (Lipinski definition) is 5. The Balaban J connectivity index is 1.60. The lowest BCUT2D eigenvalue weighted by Gasteiger charge is -2.26. The lowest BCUT2D eigenvalue weighted by molar-refractivity contribution is 0.0918. The van der Waals surface area contributed by atoms with Crippen LogP contribution in [0.3, 0.4) is 0 Å². The summed E-state index contributed by atoms with van der Waals surface area (Å²) in [6.07, 6.45) is 1.36. The molecule has 0 aliphatic carbocycles. The zero-order chi connectivity index (χ0) is 16.7. The van der Waals surface area contributed by atoms with E-state index in [2.05, 4.69) is 15.4 Å². The van der Waals surface area contributed by atoms with Gasteiger partial charge in [-0.05, 0) is 18.6 Å². The van der Waals surface area contributed by atoms with Crippen molar-refractivity contribution < 1.29 is 22.7 Å². The fraction of sp³-hybridized carbons (Fsp3) is 0.500. The van der Waals surface area contributed by atoms with Gasteiger partial charge in [-0.25, -0.2) is 17.9 Å². The van der Waals surface area contributed by atoms with Crippen molar-refractivity contribution in [1.29, 1.82) is 0 Å². The molecular formula is C14H21N3O5S. The Labute approximate surface area is 135 Å². The maximum absolute atomic E-state index is 11.6. The summed E-state index contributed by atoms with van der Waals surface area (Å²) in [5.74, 6) is 1.37. The molecule has 128 valence electrons. The van der Waals surface area contributed by atoms with Gasteiger partial charge in [0.1, 0.15) is 6.61 Å². The highest BCUT2D eigenvalue weighted by Gasteiger charge is 2.20. The number of rotatable bonds is 7. The van der Waals surface area contributed by atoms with Crippen molar-refractivity contribution in [3.63, 3.8) is 0 Å². The molecule has 0 aromatic heterocycles. The third-order valence-corrected chi connectivity index (χ3v) is 3.79. The normalized spacial score (nSPS) is 16.7. The lowest BCUT2D eigenvalue weighted by Crippen LogP contribution is -2.44. The molecule has 8 nitrogen and oxygen atoms in total. The van der Waals surface area contributed by atoms with Gasteiger partial charge in [-0.15, -0.1) is 0 Å². The molecule has 1 heterocycles. The largest absolute Gasteiger partial charge is 0.486 e. The fourth-order valence-electron chi connectivity index (χ4n) is 1.98. The quantitative estimate of drug-likeness (QED) is 0.607. The van der Waals surface area contributed by atoms with Crippen molar-refractivity contribution in [1.82, 2.24) is 15.4 Å². The van der Waals surface area contributed by atoms with E-state index < -0.39 is 10.0 Å². The van der Waals surface area contributed by atoms with Gasteiger partial charge in [0.15, 0.2) is 17.6 Å². The minimum absolute atomic E-state index is 0.248. The van der Waals surface area contributed by atoms with E-state index in [0.29, 0.717) is 37.6 Å². The van der Waals surface area contributed by atoms with Crippen LogP contribution in [0.15, 0.2) is 24.3 Å². The molecule has 1 aromatic rings. The predicted octanol–water partition coefficient (Wildman–Crippen LogP) is 0.0649. The smallest absolute Gasteiger partial charge is 0.314 e. The van der Waals surface area contributed by atoms with Crippen LogP contribution in [-0.2, 0) is 10.0 Å². The number of urea groups is 1. The first-order chi connectivity index (χ1) is 10.9. The number of carbonyl (C=O) groups is 1. The number of para-hydroxylation sites is 2. The average Bonchev–Trinajstić information content (AvgIpc) is 2.51. The Morgan fingerprint density at radius 1 is 1.22 bits per heavy atom. The van der Waals surface area contributed by atoms with Gasteiger partial charge in [-0.3, -0.25) is 0 Å². The van der Waals surface area contributed by atoms with Crippen molar-refractivity contribution in [3.8, 4) is 11.5 Å². The van der Waals surface area contributed by atoms with Crippen LogP contribution in [0, 0.1) is 0 Å². The van der Waals surface area contributed by atoms with E-state index in [0.717, 1.165) is 6.26 Å². The second-order valence-corrected chi connectivity index (χ2v) is 6.99. The zero-order valence-electron chi connectivity index (χ0n) is 12.9. The first-order valence-corrected chi connectivity index (χ1v) is 9.18. The van der Waals surface area contributed by atoms with Gasteiger partial charge in [-0.2, -0.15) is 0 Å². The number of benzene rings is 1. The minimum atomic E-state index is -3.18. The molecule has 1 aliphatic heterocycles. The first-order valence-electron chi connectivity index (χ1n) is 7.29. The molecule has 9 heteroatoms. The zero-order valence-corrected chi connectivity index (χ0v) is 13.7. The third-order valence-electron chi connectivity index (χ3n) is 3.06. The third kappa shape index (κ3) is 6.33. The van der Waals surface area contributed by atoms with Gasteiger partial charge in [-0.1, -0.05) is 12.1 Å². The molecule has 2 rings (SSSR count). The number of ether oxygens (including phenoxy) is 2. The molecule has 23 heavy (non-hydrogen) atoms. The molecule has 1 aromatic carbocycles. The summed E-state index contributed by atoms with van der Waals surface area (Å²) in [5.41, 5.74) is 0. The van der Waals surface area contributed by atoms with Crippen molar-refractivity contribution in [2.24, 2.45) is 0 Å². The summed E-state index contributed by atoms with van der Waals surface area (Å²) in [6, 6.07) is 7.04. The van der Waals surface area contributed by atoms with Crippen LogP contribution in [0.1, 0.15) is 6.42 Å². The van der Waals surface area contributed by atoms with Crippen LogP contribution in [0.25, 0.3) is 0 Å². The van der Waals surface area contributed by atoms with E-state index in [4.69, 9.17) is 9.47 Å². The second kappa shape index (κ2) is 8.02. The second-order valence-electron chi connectivity index (χ2n) is 5.15. The van der Waals surface area contributed by atoms with E-state index in [1.165, 1.54) is 0 Å². The predicted molar refractivity (Wildman–Crippen MR) is 85.2 cm³/mol. The maximum atomic E-state index is 11.6. The van der Waals surface area contributed by atoms with Crippen molar-refractivity contribution in [2.75, 3.05) is 32.5 Å². The summed E-state index contributed by atoms with van der Waals surface area (Å²) in [4.78, 5) is 11.6. The highest BCUT2D eigenvalue weighted by molar-refractivity contribution is 7.88. The van der Waals surface area contributed by atoms with Gasteiger partial charge in [0.2, 0.25) is 10.0 Å². The monoisotopic (exact) mass is 343 g/mol. The SMILES string of the molecule is CS(=O)(=O)NCCCNC(=O)NC[C@@H]1COc2ccccc2O1. The van der Waals surface area contributed by atoms with E-state index in [1.807, 2.05) is 24.3 Å². The number of nitrogens with one attached hydrogen (secondary N) is 3. The van der Waals surface area contributed by atoms with E-state index in [1.54, 1.807) is 0 Å². The van der Waals surface area contributed by atoms with Crippen molar-refractivity contribution in [2.45, 2.75) is 12.5 Å². The molecule has 0 saturated carbocycles. The Hall–Kier alpha value is -2.00. The van der Waals surface area contributed by atoms with Gasteiger partial charge in [0.25, 0.3) is 0 Å². The highest BCUT2D eigenvalue weighted by Crippen LogP contribution is 2.30. The van der Waals surface area contributed by atoms with Gasteiger partial charge >= 0.3 is 6.03 Å². The van der Waals surface area contributed by atoms with Gasteiger partial charge < -0.3 is 20.1 Å². The van der Waals surface area contributed by atoms with Crippen LogP contribution in [0.4, 0.5) is 4.79 Å². The molecular weight excluding hydrogens is 322 g/mol. The Morgan fingerprint density at radius 2 is 1.96 bits per heavy atom.